The zero-order chi connectivity index (χ0) is 28.4. The fourth-order valence-corrected chi connectivity index (χ4v) is 12.7. The fourth-order valence-electron chi connectivity index (χ4n) is 12.7. The molecular formula is C35H60NO3+. The quantitative estimate of drug-likeness (QED) is 0.274. The standard InChI is InChI=1S/C35H60NO3/c1-30(2)17-19-35-20-18-33(6)23(28(35)29(30)38-22-35)11-12-25-32(5)15-14-26(39-27(37)21-36(8,9)10)31(3,4)24(32)13-16-34(25,33)7/h23-26,28-29H,11-22H2,1-10H3/q+1/t23-,24+,25-,26?,28+,29-,32+,33-,34-,35-/m1/s1. The Labute approximate surface area is 239 Å². The van der Waals surface area contributed by atoms with Crippen LogP contribution in [-0.4, -0.2) is 57.0 Å². The molecule has 6 aliphatic rings. The molecule has 0 N–H and O–H groups in total. The van der Waals surface area contributed by atoms with Gasteiger partial charge in [0.25, 0.3) is 0 Å². The van der Waals surface area contributed by atoms with Gasteiger partial charge in [-0.15, -0.1) is 0 Å². The van der Waals surface area contributed by atoms with Gasteiger partial charge < -0.3 is 14.0 Å². The van der Waals surface area contributed by atoms with Crippen LogP contribution in [0.4, 0.5) is 0 Å². The molecule has 1 aliphatic heterocycles. The van der Waals surface area contributed by atoms with Crippen molar-refractivity contribution in [1.82, 2.24) is 0 Å². The minimum atomic E-state index is -0.0266. The maximum atomic E-state index is 12.9. The number of hydrogen-bond acceptors (Lipinski definition) is 3. The van der Waals surface area contributed by atoms with Gasteiger partial charge >= 0.3 is 5.97 Å². The van der Waals surface area contributed by atoms with Crippen LogP contribution in [0.25, 0.3) is 0 Å². The molecule has 0 aromatic carbocycles. The highest BCUT2D eigenvalue weighted by Gasteiger charge is 2.72. The van der Waals surface area contributed by atoms with E-state index in [1.165, 1.54) is 57.8 Å². The molecule has 6 fully saturated rings. The number of esters is 1. The lowest BCUT2D eigenvalue weighted by Gasteiger charge is -2.73. The van der Waals surface area contributed by atoms with E-state index < -0.39 is 0 Å². The topological polar surface area (TPSA) is 35.5 Å². The number of ether oxygens (including phenoxy) is 2. The van der Waals surface area contributed by atoms with E-state index >= 15 is 0 Å². The maximum Gasteiger partial charge on any atom is 0.362 e. The summed E-state index contributed by atoms with van der Waals surface area (Å²) in [4.78, 5) is 12.9. The van der Waals surface area contributed by atoms with Crippen molar-refractivity contribution in [3.8, 4) is 0 Å². The van der Waals surface area contributed by atoms with Crippen molar-refractivity contribution in [2.24, 2.45) is 56.2 Å². The van der Waals surface area contributed by atoms with Gasteiger partial charge in [0.05, 0.1) is 33.9 Å². The van der Waals surface area contributed by atoms with Crippen molar-refractivity contribution >= 4 is 5.97 Å². The zero-order valence-corrected chi connectivity index (χ0v) is 27.1. The predicted octanol–water partition coefficient (Wildman–Crippen LogP) is 7.49. The Balaban J connectivity index is 1.28. The molecule has 6 rings (SSSR count). The number of carbonyl (C=O) groups is 1. The second-order valence-corrected chi connectivity index (χ2v) is 18.6. The molecule has 0 amide bonds. The molecule has 222 valence electrons. The molecule has 39 heavy (non-hydrogen) atoms. The summed E-state index contributed by atoms with van der Waals surface area (Å²) in [6.45, 7) is 19.5. The van der Waals surface area contributed by atoms with Crippen molar-refractivity contribution in [3.05, 3.63) is 0 Å². The number of rotatable bonds is 3. The molecule has 0 aromatic rings. The minimum absolute atomic E-state index is 0.0175. The Bertz CT molecular complexity index is 1010. The summed E-state index contributed by atoms with van der Waals surface area (Å²) in [5, 5.41) is 0. The Morgan fingerprint density at radius 3 is 2.18 bits per heavy atom. The Hall–Kier alpha value is -0.610. The molecule has 2 bridgehead atoms. The number of likely N-dealkylation sites (N-methyl/N-ethyl adjacent to an activating group) is 1. The normalized spacial score (nSPS) is 51.6. The van der Waals surface area contributed by atoms with Crippen LogP contribution in [0, 0.1) is 56.2 Å². The predicted molar refractivity (Wildman–Crippen MR) is 157 cm³/mol. The summed E-state index contributed by atoms with van der Waals surface area (Å²) < 4.78 is 13.7. The first kappa shape index (κ1) is 28.5. The first-order valence-corrected chi connectivity index (χ1v) is 16.5. The van der Waals surface area contributed by atoms with Gasteiger partial charge in [-0.2, -0.15) is 0 Å². The number of quaternary nitrogens is 1. The van der Waals surface area contributed by atoms with Crippen LogP contribution in [0.1, 0.15) is 113 Å². The summed E-state index contributed by atoms with van der Waals surface area (Å²) in [7, 11) is 6.21. The Morgan fingerprint density at radius 1 is 0.795 bits per heavy atom. The van der Waals surface area contributed by atoms with Crippen LogP contribution in [0.3, 0.4) is 0 Å². The monoisotopic (exact) mass is 542 g/mol. The van der Waals surface area contributed by atoms with Crippen LogP contribution in [0.5, 0.6) is 0 Å². The number of fused-ring (bicyclic) bond motifs is 5. The third-order valence-corrected chi connectivity index (χ3v) is 15.0. The molecule has 4 nitrogen and oxygen atoms in total. The molecule has 0 spiro atoms. The summed E-state index contributed by atoms with van der Waals surface area (Å²) in [6.07, 6.45) is 13.6. The summed E-state index contributed by atoms with van der Waals surface area (Å²) in [5.41, 5.74) is 1.90. The second-order valence-electron chi connectivity index (χ2n) is 18.6. The van der Waals surface area contributed by atoms with E-state index in [-0.39, 0.29) is 17.5 Å². The van der Waals surface area contributed by atoms with Crippen LogP contribution < -0.4 is 0 Å². The van der Waals surface area contributed by atoms with Gasteiger partial charge in [0.15, 0.2) is 6.54 Å². The van der Waals surface area contributed by atoms with Crippen LogP contribution >= 0.6 is 0 Å². The molecule has 0 radical (unpaired) electrons. The van der Waals surface area contributed by atoms with Gasteiger partial charge in [0.1, 0.15) is 6.10 Å². The number of hydrogen-bond donors (Lipinski definition) is 0. The van der Waals surface area contributed by atoms with E-state index in [0.29, 0.717) is 50.1 Å². The molecule has 1 saturated heterocycles. The summed E-state index contributed by atoms with van der Waals surface area (Å²) in [6, 6.07) is 0. The molecule has 1 unspecified atom stereocenters. The average Bonchev–Trinajstić information content (AvgIpc) is 3.14. The highest BCUT2D eigenvalue weighted by molar-refractivity contribution is 5.70. The highest BCUT2D eigenvalue weighted by Crippen LogP contribution is 2.78. The summed E-state index contributed by atoms with van der Waals surface area (Å²) in [5.74, 6) is 2.91. The van der Waals surface area contributed by atoms with E-state index in [4.69, 9.17) is 9.47 Å². The van der Waals surface area contributed by atoms with Gasteiger partial charge in [-0.1, -0.05) is 48.5 Å². The average molecular weight is 543 g/mol. The van der Waals surface area contributed by atoms with Crippen molar-refractivity contribution < 1.29 is 18.8 Å². The van der Waals surface area contributed by atoms with E-state index in [1.54, 1.807) is 0 Å². The van der Waals surface area contributed by atoms with Crippen LogP contribution in [-0.2, 0) is 14.3 Å². The fraction of sp³-hybridized carbons (Fsp3) is 0.971. The lowest BCUT2D eigenvalue weighted by Crippen LogP contribution is -2.68. The molecule has 5 aliphatic carbocycles. The highest BCUT2D eigenvalue weighted by atomic mass is 16.5. The van der Waals surface area contributed by atoms with Gasteiger partial charge in [-0.25, -0.2) is 4.79 Å². The van der Waals surface area contributed by atoms with Crippen LogP contribution in [0.2, 0.25) is 0 Å². The van der Waals surface area contributed by atoms with Gasteiger partial charge in [-0.05, 0) is 115 Å². The third kappa shape index (κ3) is 3.84. The number of carbonyl (C=O) groups excluding carboxylic acids is 1. The summed E-state index contributed by atoms with van der Waals surface area (Å²) >= 11 is 0. The zero-order valence-electron chi connectivity index (χ0n) is 27.1. The van der Waals surface area contributed by atoms with E-state index in [2.05, 4.69) is 69.6 Å². The molecule has 5 saturated carbocycles. The Morgan fingerprint density at radius 2 is 1.49 bits per heavy atom. The van der Waals surface area contributed by atoms with Crippen molar-refractivity contribution in [2.45, 2.75) is 125 Å². The Kier molecular flexibility index (Phi) is 6.20. The minimum Gasteiger partial charge on any atom is -0.458 e. The van der Waals surface area contributed by atoms with E-state index in [1.807, 2.05) is 0 Å². The van der Waals surface area contributed by atoms with Crippen molar-refractivity contribution in [1.29, 1.82) is 0 Å². The second kappa shape index (κ2) is 8.48. The SMILES string of the molecule is CC1(C)CC[C@]23CC[C@]4(C)[C@H](CC[C@@H]5[C@@]6(C)CCC(OC(=O)C[N+](C)(C)C)C(C)(C)[C@@H]6CC[C@]54C)[C@H]2[C@H]1OC3. The maximum absolute atomic E-state index is 12.9. The number of nitrogens with zero attached hydrogens (tertiary/aromatic N) is 1. The van der Waals surface area contributed by atoms with E-state index in [0.717, 1.165) is 30.8 Å². The van der Waals surface area contributed by atoms with E-state index in [9.17, 15) is 4.79 Å². The lowest BCUT2D eigenvalue weighted by molar-refractivity contribution is -0.862. The molecular weight excluding hydrogens is 482 g/mol. The van der Waals surface area contributed by atoms with Crippen LogP contribution in [0.15, 0.2) is 0 Å². The third-order valence-electron chi connectivity index (χ3n) is 15.0. The van der Waals surface area contributed by atoms with Crippen molar-refractivity contribution in [3.63, 3.8) is 0 Å². The molecule has 10 atom stereocenters. The lowest BCUT2D eigenvalue weighted by atomic mass is 9.31. The molecule has 4 heteroatoms. The van der Waals surface area contributed by atoms with Gasteiger partial charge in [-0.3, -0.25) is 0 Å². The molecule has 0 aromatic heterocycles. The van der Waals surface area contributed by atoms with Gasteiger partial charge in [0, 0.05) is 5.41 Å². The van der Waals surface area contributed by atoms with Crippen molar-refractivity contribution in [2.75, 3.05) is 34.3 Å². The first-order valence-electron chi connectivity index (χ1n) is 16.5. The first-order chi connectivity index (χ1) is 17.9. The smallest absolute Gasteiger partial charge is 0.362 e. The largest absolute Gasteiger partial charge is 0.458 e. The van der Waals surface area contributed by atoms with Gasteiger partial charge in [0.2, 0.25) is 0 Å². The molecule has 1 heterocycles.